The molecule has 0 saturated carbocycles. The highest BCUT2D eigenvalue weighted by Crippen LogP contribution is 2.51. The lowest BCUT2D eigenvalue weighted by Crippen LogP contribution is -2.29. The van der Waals surface area contributed by atoms with E-state index in [1.54, 1.807) is 18.2 Å². The number of halogens is 3. The first-order chi connectivity index (χ1) is 16.6. The number of nitrogens with one attached hydrogen (secondary N) is 2. The summed E-state index contributed by atoms with van der Waals surface area (Å²) in [6.07, 6.45) is 4.80. The molecule has 3 aromatic carbocycles. The number of non-ortho nitro benzene ring substituents is 1. The van der Waals surface area contributed by atoms with Gasteiger partial charge in [-0.15, -0.1) is 0 Å². The number of allylic oxidation sites excluding steroid dienone is 2. The van der Waals surface area contributed by atoms with Gasteiger partial charge in [0.2, 0.25) is 0 Å². The molecule has 0 aromatic heterocycles. The van der Waals surface area contributed by atoms with Gasteiger partial charge in [-0.2, -0.15) is 0 Å². The van der Waals surface area contributed by atoms with Crippen LogP contribution >= 0.6 is 34.8 Å². The lowest BCUT2D eigenvalue weighted by atomic mass is 9.77. The number of sulfonamides is 1. The summed E-state index contributed by atoms with van der Waals surface area (Å²) >= 11 is 18.6. The maximum absolute atomic E-state index is 13.1. The minimum absolute atomic E-state index is 0.00953. The largest absolute Gasteiger partial charge is 0.378 e. The monoisotopic (exact) mass is 549 g/mol. The van der Waals surface area contributed by atoms with E-state index in [2.05, 4.69) is 10.0 Å². The van der Waals surface area contributed by atoms with E-state index in [4.69, 9.17) is 34.8 Å². The molecule has 2 aliphatic rings. The Morgan fingerprint density at radius 3 is 2.51 bits per heavy atom. The van der Waals surface area contributed by atoms with Crippen molar-refractivity contribution in [3.63, 3.8) is 0 Å². The van der Waals surface area contributed by atoms with Crippen LogP contribution in [0.1, 0.15) is 29.5 Å². The van der Waals surface area contributed by atoms with Crippen molar-refractivity contribution in [2.45, 2.75) is 23.3 Å². The first kappa shape index (κ1) is 23.9. The predicted molar refractivity (Wildman–Crippen MR) is 138 cm³/mol. The highest BCUT2D eigenvalue weighted by atomic mass is 35.5. The Labute approximate surface area is 216 Å². The first-order valence-corrected chi connectivity index (χ1v) is 13.2. The fourth-order valence-electron chi connectivity index (χ4n) is 4.71. The highest BCUT2D eigenvalue weighted by molar-refractivity contribution is 7.92. The molecule has 5 rings (SSSR count). The van der Waals surface area contributed by atoms with E-state index in [0.29, 0.717) is 22.0 Å². The molecule has 1 heterocycles. The van der Waals surface area contributed by atoms with Crippen LogP contribution in [0, 0.1) is 16.0 Å². The van der Waals surface area contributed by atoms with E-state index < -0.39 is 14.9 Å². The molecule has 3 atom stereocenters. The van der Waals surface area contributed by atoms with Gasteiger partial charge in [0.25, 0.3) is 15.7 Å². The summed E-state index contributed by atoms with van der Waals surface area (Å²) in [5.74, 6) is -0.0771. The molecule has 180 valence electrons. The zero-order valence-corrected chi connectivity index (χ0v) is 21.0. The number of hydrogen-bond donors (Lipinski definition) is 2. The maximum Gasteiger partial charge on any atom is 0.269 e. The van der Waals surface area contributed by atoms with Crippen LogP contribution in [0.4, 0.5) is 17.1 Å². The summed E-state index contributed by atoms with van der Waals surface area (Å²) in [5.41, 5.74) is 2.35. The Hall–Kier alpha value is -2.78. The van der Waals surface area contributed by atoms with Gasteiger partial charge in [0.1, 0.15) is 0 Å². The van der Waals surface area contributed by atoms with E-state index >= 15 is 0 Å². The Bertz CT molecular complexity index is 1490. The second-order valence-corrected chi connectivity index (χ2v) is 11.4. The van der Waals surface area contributed by atoms with Crippen molar-refractivity contribution >= 4 is 61.9 Å². The third-order valence-electron chi connectivity index (χ3n) is 6.34. The predicted octanol–water partition coefficient (Wildman–Crippen LogP) is 7.18. The standard InChI is InChI=1S/C24H18Cl3N3O4S/c25-13-4-7-21(27)23(10-13)29-35(33,34)15-6-9-22-18(12-15)16-2-1-3-17(16)24(28-22)19-11-14(30(31)32)5-8-20(19)26/h1-2,4-12,16-17,24,28-29H,3H2/t16-,17+,24-/m0/s1. The van der Waals surface area contributed by atoms with Gasteiger partial charge in [0.15, 0.2) is 0 Å². The van der Waals surface area contributed by atoms with Gasteiger partial charge in [0, 0.05) is 39.3 Å². The first-order valence-electron chi connectivity index (χ1n) is 10.6. The average molecular weight is 551 g/mol. The Balaban J connectivity index is 1.52. The van der Waals surface area contributed by atoms with Gasteiger partial charge < -0.3 is 5.32 Å². The highest BCUT2D eigenvalue weighted by Gasteiger charge is 2.39. The van der Waals surface area contributed by atoms with Crippen LogP contribution in [0.2, 0.25) is 15.1 Å². The summed E-state index contributed by atoms with van der Waals surface area (Å²) in [7, 11) is -3.94. The van der Waals surface area contributed by atoms with Crippen molar-refractivity contribution in [3.8, 4) is 0 Å². The van der Waals surface area contributed by atoms with Crippen LogP contribution in [-0.4, -0.2) is 13.3 Å². The van der Waals surface area contributed by atoms with Gasteiger partial charge in [-0.3, -0.25) is 14.8 Å². The maximum atomic E-state index is 13.1. The van der Waals surface area contributed by atoms with Crippen molar-refractivity contribution in [3.05, 3.63) is 103 Å². The summed E-state index contributed by atoms with van der Waals surface area (Å²) < 4.78 is 28.8. The van der Waals surface area contributed by atoms with E-state index in [-0.39, 0.29) is 39.2 Å². The second kappa shape index (κ2) is 9.02. The Morgan fingerprint density at radius 2 is 1.74 bits per heavy atom. The summed E-state index contributed by atoms with van der Waals surface area (Å²) in [6.45, 7) is 0. The molecule has 3 aromatic rings. The van der Waals surface area contributed by atoms with Gasteiger partial charge in [0.05, 0.1) is 26.6 Å². The number of nitro groups is 1. The lowest BCUT2D eigenvalue weighted by molar-refractivity contribution is -0.384. The minimum atomic E-state index is -3.94. The summed E-state index contributed by atoms with van der Waals surface area (Å²) in [4.78, 5) is 11.0. The molecule has 11 heteroatoms. The van der Waals surface area contributed by atoms with Crippen LogP contribution in [0.25, 0.3) is 0 Å². The molecule has 0 radical (unpaired) electrons. The van der Waals surface area contributed by atoms with Crippen LogP contribution in [0.5, 0.6) is 0 Å². The van der Waals surface area contributed by atoms with Crippen LogP contribution < -0.4 is 10.0 Å². The minimum Gasteiger partial charge on any atom is -0.378 e. The van der Waals surface area contributed by atoms with Crippen molar-refractivity contribution in [1.82, 2.24) is 0 Å². The van der Waals surface area contributed by atoms with Crippen LogP contribution in [0.3, 0.4) is 0 Å². The van der Waals surface area contributed by atoms with Gasteiger partial charge >= 0.3 is 0 Å². The number of anilines is 2. The Kier molecular flexibility index (Phi) is 6.17. The molecule has 0 fully saturated rings. The van der Waals surface area contributed by atoms with Gasteiger partial charge in [-0.25, -0.2) is 8.42 Å². The number of hydrogen-bond acceptors (Lipinski definition) is 5. The zero-order valence-electron chi connectivity index (χ0n) is 17.9. The molecule has 35 heavy (non-hydrogen) atoms. The molecule has 2 N–H and O–H groups in total. The normalized spacial score (nSPS) is 20.6. The molecule has 0 spiro atoms. The van der Waals surface area contributed by atoms with Gasteiger partial charge in [-0.1, -0.05) is 47.0 Å². The number of nitrogens with zero attached hydrogens (tertiary/aromatic N) is 1. The van der Waals surface area contributed by atoms with Crippen LogP contribution in [0.15, 0.2) is 71.6 Å². The molecule has 7 nitrogen and oxygen atoms in total. The fraction of sp³-hybridized carbons (Fsp3) is 0.167. The molecule has 0 unspecified atom stereocenters. The molecule has 0 saturated heterocycles. The smallest absolute Gasteiger partial charge is 0.269 e. The SMILES string of the molecule is O=[N+]([O-])c1ccc(Cl)c([C@H]2Nc3ccc(S(=O)(=O)Nc4cc(Cl)ccc4Cl)cc3[C@H]3C=CC[C@H]32)c1. The van der Waals surface area contributed by atoms with E-state index in [9.17, 15) is 18.5 Å². The molecular formula is C24H18Cl3N3O4S. The second-order valence-electron chi connectivity index (χ2n) is 8.42. The van der Waals surface area contributed by atoms with E-state index in [0.717, 1.165) is 11.3 Å². The zero-order chi connectivity index (χ0) is 24.9. The third-order valence-corrected chi connectivity index (χ3v) is 8.61. The molecular weight excluding hydrogens is 533 g/mol. The van der Waals surface area contributed by atoms with Crippen molar-refractivity contribution in [1.29, 1.82) is 0 Å². The van der Waals surface area contributed by atoms with E-state index in [1.807, 2.05) is 12.2 Å². The quantitative estimate of drug-likeness (QED) is 0.199. The number of fused-ring (bicyclic) bond motifs is 3. The molecule has 1 aliphatic carbocycles. The molecule has 0 amide bonds. The third kappa shape index (κ3) is 4.47. The van der Waals surface area contributed by atoms with Crippen molar-refractivity contribution < 1.29 is 13.3 Å². The van der Waals surface area contributed by atoms with E-state index in [1.165, 1.54) is 36.4 Å². The number of rotatable bonds is 5. The fourth-order valence-corrected chi connectivity index (χ4v) is 6.44. The summed E-state index contributed by atoms with van der Waals surface area (Å²) in [5, 5.41) is 15.8. The topological polar surface area (TPSA) is 101 Å². The number of benzene rings is 3. The Morgan fingerprint density at radius 1 is 0.971 bits per heavy atom. The molecule has 0 bridgehead atoms. The lowest BCUT2D eigenvalue weighted by Gasteiger charge is -2.38. The summed E-state index contributed by atoms with van der Waals surface area (Å²) in [6, 6.07) is 13.5. The van der Waals surface area contributed by atoms with Crippen molar-refractivity contribution in [2.75, 3.05) is 10.0 Å². The average Bonchev–Trinajstić information content (AvgIpc) is 3.31. The van der Waals surface area contributed by atoms with Gasteiger partial charge in [-0.05, 0) is 60.4 Å². The van der Waals surface area contributed by atoms with Crippen molar-refractivity contribution in [2.24, 2.45) is 5.92 Å². The number of nitro benzene ring substituents is 1. The van der Waals surface area contributed by atoms with Crippen LogP contribution in [-0.2, 0) is 10.0 Å². The molecule has 1 aliphatic heterocycles.